The van der Waals surface area contributed by atoms with E-state index in [-0.39, 0.29) is 6.01 Å². The Kier molecular flexibility index (Phi) is 3.04. The van der Waals surface area contributed by atoms with Crippen LogP contribution in [0.5, 0.6) is 6.01 Å². The van der Waals surface area contributed by atoms with E-state index in [1.807, 2.05) is 0 Å². The van der Waals surface area contributed by atoms with Gasteiger partial charge in [0.05, 0.1) is 12.8 Å². The second-order valence-electron chi connectivity index (χ2n) is 5.00. The highest BCUT2D eigenvalue weighted by Gasteiger charge is 2.30. The van der Waals surface area contributed by atoms with Crippen LogP contribution >= 0.6 is 11.6 Å². The molecule has 1 fully saturated rings. The lowest BCUT2D eigenvalue weighted by Gasteiger charge is -2.08. The molecule has 1 N–H and O–H groups in total. The van der Waals surface area contributed by atoms with Crippen LogP contribution in [0.3, 0.4) is 0 Å². The first-order valence-electron chi connectivity index (χ1n) is 6.80. The van der Waals surface area contributed by atoms with Crippen molar-refractivity contribution in [2.24, 2.45) is 0 Å². The van der Waals surface area contributed by atoms with Crippen LogP contribution in [-0.4, -0.2) is 36.9 Å². The summed E-state index contributed by atoms with van der Waals surface area (Å²) in [4.78, 5) is 8.18. The maximum Gasteiger partial charge on any atom is 0.318 e. The van der Waals surface area contributed by atoms with Gasteiger partial charge in [-0.15, -0.1) is 10.2 Å². The third-order valence-corrected chi connectivity index (χ3v) is 3.57. The van der Waals surface area contributed by atoms with Crippen molar-refractivity contribution in [3.63, 3.8) is 0 Å². The van der Waals surface area contributed by atoms with E-state index in [9.17, 15) is 0 Å². The van der Waals surface area contributed by atoms with E-state index in [1.165, 1.54) is 7.11 Å². The Bertz CT molecular complexity index is 846. The summed E-state index contributed by atoms with van der Waals surface area (Å²) in [6.45, 7) is 0. The molecule has 0 amide bonds. The Labute approximate surface area is 130 Å². The molecule has 22 heavy (non-hydrogen) atoms. The fourth-order valence-electron chi connectivity index (χ4n) is 2.20. The van der Waals surface area contributed by atoms with Gasteiger partial charge in [-0.05, 0) is 18.9 Å². The molecule has 0 bridgehead atoms. The summed E-state index contributed by atoms with van der Waals surface area (Å²) in [6, 6.07) is 3.70. The standard InChI is InChI=1S/C13H12ClN7O/c1-22-13-15-5-4-10(17-13)16-8-6-9(14)20-21-11(7-2-3-7)18-19-12(8)21/h4-7H,2-3H2,1H3,(H,15,16,17). The molecular weight excluding hydrogens is 306 g/mol. The summed E-state index contributed by atoms with van der Waals surface area (Å²) < 4.78 is 6.71. The molecule has 8 nitrogen and oxygen atoms in total. The van der Waals surface area contributed by atoms with Crippen LogP contribution in [0.4, 0.5) is 11.5 Å². The Morgan fingerprint density at radius 3 is 3.00 bits per heavy atom. The highest BCUT2D eigenvalue weighted by atomic mass is 35.5. The molecule has 0 saturated heterocycles. The summed E-state index contributed by atoms with van der Waals surface area (Å²) in [7, 11) is 1.51. The molecule has 0 aliphatic heterocycles. The fraction of sp³-hybridized carbons (Fsp3) is 0.308. The van der Waals surface area contributed by atoms with Gasteiger partial charge in [-0.1, -0.05) is 11.6 Å². The second-order valence-corrected chi connectivity index (χ2v) is 5.39. The Morgan fingerprint density at radius 2 is 2.23 bits per heavy atom. The summed E-state index contributed by atoms with van der Waals surface area (Å²) in [5, 5.41) is 16.3. The lowest BCUT2D eigenvalue weighted by molar-refractivity contribution is 0.380. The SMILES string of the molecule is COc1nccc(Nc2cc(Cl)nn3c(C4CC4)nnc23)n1. The zero-order valence-corrected chi connectivity index (χ0v) is 12.4. The van der Waals surface area contributed by atoms with Crippen molar-refractivity contribution < 1.29 is 4.74 Å². The number of fused-ring (bicyclic) bond motifs is 1. The largest absolute Gasteiger partial charge is 0.467 e. The molecule has 1 aliphatic rings. The van der Waals surface area contributed by atoms with E-state index in [1.54, 1.807) is 22.8 Å². The van der Waals surface area contributed by atoms with Crippen LogP contribution in [0.1, 0.15) is 24.6 Å². The van der Waals surface area contributed by atoms with E-state index >= 15 is 0 Å². The van der Waals surface area contributed by atoms with Gasteiger partial charge in [0.2, 0.25) is 5.65 Å². The number of hydrogen-bond acceptors (Lipinski definition) is 7. The van der Waals surface area contributed by atoms with Gasteiger partial charge in [-0.25, -0.2) is 4.98 Å². The molecule has 0 unspecified atom stereocenters. The minimum Gasteiger partial charge on any atom is -0.467 e. The molecule has 3 aromatic rings. The molecule has 4 rings (SSSR count). The quantitative estimate of drug-likeness (QED) is 0.788. The summed E-state index contributed by atoms with van der Waals surface area (Å²) in [5.41, 5.74) is 1.30. The smallest absolute Gasteiger partial charge is 0.318 e. The van der Waals surface area contributed by atoms with Crippen LogP contribution in [0.15, 0.2) is 18.3 Å². The highest BCUT2D eigenvalue weighted by molar-refractivity contribution is 6.29. The van der Waals surface area contributed by atoms with Crippen LogP contribution in [0.2, 0.25) is 5.15 Å². The van der Waals surface area contributed by atoms with Crippen molar-refractivity contribution in [2.45, 2.75) is 18.8 Å². The van der Waals surface area contributed by atoms with Crippen LogP contribution in [0.25, 0.3) is 5.65 Å². The maximum atomic E-state index is 6.12. The maximum absolute atomic E-state index is 6.12. The van der Waals surface area contributed by atoms with Gasteiger partial charge in [0.15, 0.2) is 11.0 Å². The van der Waals surface area contributed by atoms with Crippen molar-refractivity contribution >= 4 is 28.8 Å². The molecule has 3 heterocycles. The Morgan fingerprint density at radius 1 is 1.36 bits per heavy atom. The number of rotatable bonds is 4. The van der Waals surface area contributed by atoms with E-state index in [2.05, 4.69) is 30.6 Å². The van der Waals surface area contributed by atoms with Gasteiger partial charge in [0.25, 0.3) is 0 Å². The summed E-state index contributed by atoms with van der Waals surface area (Å²) in [5.74, 6) is 1.85. The summed E-state index contributed by atoms with van der Waals surface area (Å²) >= 11 is 6.12. The van der Waals surface area contributed by atoms with Crippen molar-refractivity contribution in [1.29, 1.82) is 0 Å². The predicted octanol–water partition coefficient (Wildman–Crippen LogP) is 2.20. The third-order valence-electron chi connectivity index (χ3n) is 3.39. The number of aromatic nitrogens is 6. The topological polar surface area (TPSA) is 90.1 Å². The van der Waals surface area contributed by atoms with Gasteiger partial charge >= 0.3 is 6.01 Å². The predicted molar refractivity (Wildman–Crippen MR) is 79.6 cm³/mol. The van der Waals surface area contributed by atoms with E-state index in [0.717, 1.165) is 18.7 Å². The minimum atomic E-state index is 0.279. The first-order chi connectivity index (χ1) is 10.7. The van der Waals surface area contributed by atoms with E-state index < -0.39 is 0 Å². The molecule has 9 heteroatoms. The monoisotopic (exact) mass is 317 g/mol. The molecule has 1 aliphatic carbocycles. The van der Waals surface area contributed by atoms with Gasteiger partial charge in [-0.3, -0.25) is 0 Å². The number of methoxy groups -OCH3 is 1. The zero-order chi connectivity index (χ0) is 15.1. The lowest BCUT2D eigenvalue weighted by Crippen LogP contribution is -2.03. The third kappa shape index (κ3) is 2.31. The van der Waals surface area contributed by atoms with Crippen molar-refractivity contribution in [1.82, 2.24) is 29.8 Å². The molecule has 1 saturated carbocycles. The van der Waals surface area contributed by atoms with Crippen LogP contribution in [-0.2, 0) is 0 Å². The molecular formula is C13H12ClN7O. The first-order valence-corrected chi connectivity index (χ1v) is 7.18. The first kappa shape index (κ1) is 13.2. The molecule has 0 spiro atoms. The molecule has 0 atom stereocenters. The molecule has 112 valence electrons. The number of ether oxygens (including phenoxy) is 1. The van der Waals surface area contributed by atoms with E-state index in [0.29, 0.717) is 28.2 Å². The molecule has 0 aromatic carbocycles. The van der Waals surface area contributed by atoms with Crippen molar-refractivity contribution in [3.05, 3.63) is 29.3 Å². The van der Waals surface area contributed by atoms with Gasteiger partial charge in [0, 0.05) is 18.2 Å². The molecule has 3 aromatic heterocycles. The van der Waals surface area contributed by atoms with Gasteiger partial charge in [-0.2, -0.15) is 14.6 Å². The lowest BCUT2D eigenvalue weighted by atomic mass is 10.4. The van der Waals surface area contributed by atoms with Gasteiger partial charge < -0.3 is 10.1 Å². The normalized spacial score (nSPS) is 14.3. The van der Waals surface area contributed by atoms with Crippen molar-refractivity contribution in [2.75, 3.05) is 12.4 Å². The van der Waals surface area contributed by atoms with E-state index in [4.69, 9.17) is 16.3 Å². The van der Waals surface area contributed by atoms with Crippen LogP contribution in [0, 0.1) is 0 Å². The average Bonchev–Trinajstić information content (AvgIpc) is 3.27. The zero-order valence-electron chi connectivity index (χ0n) is 11.7. The number of nitrogens with one attached hydrogen (secondary N) is 1. The number of halogens is 1. The fourth-order valence-corrected chi connectivity index (χ4v) is 2.39. The Hall–Kier alpha value is -2.48. The Balaban J connectivity index is 1.77. The number of nitrogens with zero attached hydrogens (tertiary/aromatic N) is 6. The van der Waals surface area contributed by atoms with Crippen molar-refractivity contribution in [3.8, 4) is 6.01 Å². The second kappa shape index (κ2) is 5.06. The number of hydrogen-bond donors (Lipinski definition) is 1. The average molecular weight is 318 g/mol. The highest BCUT2D eigenvalue weighted by Crippen LogP contribution is 2.39. The minimum absolute atomic E-state index is 0.279. The molecule has 0 radical (unpaired) electrons. The summed E-state index contributed by atoms with van der Waals surface area (Å²) in [6.07, 6.45) is 3.83. The van der Waals surface area contributed by atoms with Gasteiger partial charge in [0.1, 0.15) is 5.82 Å². The van der Waals surface area contributed by atoms with Crippen LogP contribution < -0.4 is 10.1 Å². The number of anilines is 2.